The van der Waals surface area contributed by atoms with Gasteiger partial charge in [-0.1, -0.05) is 24.3 Å². The van der Waals surface area contributed by atoms with E-state index in [0.29, 0.717) is 12.0 Å². The van der Waals surface area contributed by atoms with Crippen LogP contribution in [0.15, 0.2) is 48.5 Å². The Labute approximate surface area is 129 Å². The molecule has 1 atom stereocenters. The Bertz CT molecular complexity index is 686. The lowest BCUT2D eigenvalue weighted by molar-refractivity contribution is -0.117. The number of nitrogens with zero attached hydrogens (tertiary/aromatic N) is 1. The lowest BCUT2D eigenvalue weighted by Gasteiger charge is -2.20. The van der Waals surface area contributed by atoms with Crippen molar-refractivity contribution in [3.63, 3.8) is 0 Å². The van der Waals surface area contributed by atoms with Gasteiger partial charge in [0.2, 0.25) is 5.91 Å². The number of anilines is 2. The van der Waals surface area contributed by atoms with Gasteiger partial charge in [-0.25, -0.2) is 4.39 Å². The molecule has 1 N–H and O–H groups in total. The Balaban J connectivity index is 1.78. The molecule has 1 heterocycles. The molecule has 1 unspecified atom stereocenters. The van der Waals surface area contributed by atoms with E-state index in [1.807, 2.05) is 37.3 Å². The van der Waals surface area contributed by atoms with Gasteiger partial charge in [-0.15, -0.1) is 0 Å². The van der Waals surface area contributed by atoms with Gasteiger partial charge in [0.15, 0.2) is 0 Å². The van der Waals surface area contributed by atoms with Crippen LogP contribution in [-0.4, -0.2) is 12.5 Å². The first-order valence-corrected chi connectivity index (χ1v) is 7.56. The van der Waals surface area contributed by atoms with E-state index in [1.165, 1.54) is 6.07 Å². The van der Waals surface area contributed by atoms with E-state index < -0.39 is 0 Å². The van der Waals surface area contributed by atoms with Gasteiger partial charge >= 0.3 is 0 Å². The number of hydrogen-bond donors (Lipinski definition) is 1. The maximum atomic E-state index is 13.8. The van der Waals surface area contributed by atoms with Crippen molar-refractivity contribution >= 4 is 17.3 Å². The summed E-state index contributed by atoms with van der Waals surface area (Å²) in [5.74, 6) is -0.0484. The molecule has 0 spiro atoms. The fraction of sp³-hybridized carbons (Fsp3) is 0.278. The van der Waals surface area contributed by atoms with Crippen LogP contribution in [0.3, 0.4) is 0 Å². The highest BCUT2D eigenvalue weighted by Crippen LogP contribution is 2.27. The minimum absolute atomic E-state index is 0.147. The number of amides is 1. The molecule has 0 aromatic heterocycles. The molecule has 1 saturated heterocycles. The number of halogens is 1. The summed E-state index contributed by atoms with van der Waals surface area (Å²) < 4.78 is 13.8. The Morgan fingerprint density at radius 3 is 2.73 bits per heavy atom. The molecule has 1 amide bonds. The highest BCUT2D eigenvalue weighted by atomic mass is 19.1. The first kappa shape index (κ1) is 14.6. The van der Waals surface area contributed by atoms with E-state index in [-0.39, 0.29) is 17.8 Å². The summed E-state index contributed by atoms with van der Waals surface area (Å²) in [6.07, 6.45) is 1.52. The minimum Gasteiger partial charge on any atom is -0.378 e. The fourth-order valence-corrected chi connectivity index (χ4v) is 2.84. The SMILES string of the molecule is CC(Nc1cccc(N2CCCC2=O)c1)c1ccccc1F. The molecule has 1 aliphatic rings. The molecular formula is C18H19FN2O. The zero-order valence-corrected chi connectivity index (χ0v) is 12.6. The third-order valence-electron chi connectivity index (χ3n) is 3.99. The molecule has 0 bridgehead atoms. The van der Waals surface area contributed by atoms with E-state index in [4.69, 9.17) is 0 Å². The third kappa shape index (κ3) is 2.96. The fourth-order valence-electron chi connectivity index (χ4n) is 2.84. The summed E-state index contributed by atoms with van der Waals surface area (Å²) in [6.45, 7) is 2.69. The molecule has 0 saturated carbocycles. The van der Waals surface area contributed by atoms with Crippen LogP contribution in [0.2, 0.25) is 0 Å². The summed E-state index contributed by atoms with van der Waals surface area (Å²) in [4.78, 5) is 13.6. The summed E-state index contributed by atoms with van der Waals surface area (Å²) in [7, 11) is 0. The van der Waals surface area contributed by atoms with E-state index in [0.717, 1.165) is 24.3 Å². The average molecular weight is 298 g/mol. The van der Waals surface area contributed by atoms with Crippen LogP contribution < -0.4 is 10.2 Å². The van der Waals surface area contributed by atoms with Crippen molar-refractivity contribution in [3.05, 3.63) is 59.9 Å². The quantitative estimate of drug-likeness (QED) is 0.920. The van der Waals surface area contributed by atoms with Gasteiger partial charge in [-0.3, -0.25) is 4.79 Å². The number of carbonyl (C=O) groups excluding carboxylic acids is 1. The van der Waals surface area contributed by atoms with Gasteiger partial charge in [0.25, 0.3) is 0 Å². The maximum Gasteiger partial charge on any atom is 0.227 e. The van der Waals surface area contributed by atoms with Gasteiger partial charge in [0, 0.05) is 29.9 Å². The Morgan fingerprint density at radius 1 is 1.18 bits per heavy atom. The standard InChI is InChI=1S/C18H19FN2O/c1-13(16-8-2-3-9-17(16)19)20-14-6-4-7-15(12-14)21-11-5-10-18(21)22/h2-4,6-9,12-13,20H,5,10-11H2,1H3. The number of hydrogen-bond acceptors (Lipinski definition) is 2. The highest BCUT2D eigenvalue weighted by Gasteiger charge is 2.21. The normalized spacial score (nSPS) is 15.9. The monoisotopic (exact) mass is 298 g/mol. The van der Waals surface area contributed by atoms with E-state index in [1.54, 1.807) is 17.0 Å². The molecule has 1 aliphatic heterocycles. The molecule has 22 heavy (non-hydrogen) atoms. The van der Waals surface area contributed by atoms with Crippen LogP contribution in [-0.2, 0) is 4.79 Å². The van der Waals surface area contributed by atoms with Crippen LogP contribution in [0.5, 0.6) is 0 Å². The highest BCUT2D eigenvalue weighted by molar-refractivity contribution is 5.95. The third-order valence-corrected chi connectivity index (χ3v) is 3.99. The van der Waals surface area contributed by atoms with Crippen molar-refractivity contribution in [3.8, 4) is 0 Å². The summed E-state index contributed by atoms with van der Waals surface area (Å²) >= 11 is 0. The van der Waals surface area contributed by atoms with E-state index in [9.17, 15) is 9.18 Å². The number of carbonyl (C=O) groups is 1. The molecule has 4 heteroatoms. The Morgan fingerprint density at radius 2 is 2.00 bits per heavy atom. The number of rotatable bonds is 4. The topological polar surface area (TPSA) is 32.3 Å². The molecule has 114 valence electrons. The molecule has 2 aromatic carbocycles. The van der Waals surface area contributed by atoms with Crippen molar-refractivity contribution in [1.82, 2.24) is 0 Å². The van der Waals surface area contributed by atoms with Crippen LogP contribution in [0.4, 0.5) is 15.8 Å². The lowest BCUT2D eigenvalue weighted by Crippen LogP contribution is -2.23. The Kier molecular flexibility index (Phi) is 4.09. The van der Waals surface area contributed by atoms with Crippen molar-refractivity contribution in [2.45, 2.75) is 25.8 Å². The Hall–Kier alpha value is -2.36. The lowest BCUT2D eigenvalue weighted by atomic mass is 10.1. The molecule has 3 rings (SSSR count). The summed E-state index contributed by atoms with van der Waals surface area (Å²) in [5.41, 5.74) is 2.41. The molecule has 0 aliphatic carbocycles. The van der Waals surface area contributed by atoms with Crippen LogP contribution >= 0.6 is 0 Å². The minimum atomic E-state index is -0.214. The second-order valence-electron chi connectivity index (χ2n) is 5.59. The zero-order valence-electron chi connectivity index (χ0n) is 12.6. The first-order chi connectivity index (χ1) is 10.6. The van der Waals surface area contributed by atoms with Crippen LogP contribution in [0, 0.1) is 5.82 Å². The van der Waals surface area contributed by atoms with Gasteiger partial charge in [0.1, 0.15) is 5.82 Å². The van der Waals surface area contributed by atoms with Gasteiger partial charge in [0.05, 0.1) is 6.04 Å². The second kappa shape index (κ2) is 6.18. The number of nitrogens with one attached hydrogen (secondary N) is 1. The molecule has 3 nitrogen and oxygen atoms in total. The van der Waals surface area contributed by atoms with E-state index >= 15 is 0 Å². The maximum absolute atomic E-state index is 13.8. The average Bonchev–Trinajstić information content (AvgIpc) is 2.94. The van der Waals surface area contributed by atoms with Crippen LogP contribution in [0.25, 0.3) is 0 Å². The largest absolute Gasteiger partial charge is 0.378 e. The van der Waals surface area contributed by atoms with Crippen molar-refractivity contribution in [2.24, 2.45) is 0 Å². The van der Waals surface area contributed by atoms with Gasteiger partial charge in [-0.05, 0) is 37.6 Å². The van der Waals surface area contributed by atoms with Crippen molar-refractivity contribution < 1.29 is 9.18 Å². The van der Waals surface area contributed by atoms with Crippen molar-refractivity contribution in [2.75, 3.05) is 16.8 Å². The molecular weight excluding hydrogens is 279 g/mol. The second-order valence-corrected chi connectivity index (χ2v) is 5.59. The smallest absolute Gasteiger partial charge is 0.227 e. The zero-order chi connectivity index (χ0) is 15.5. The summed E-state index contributed by atoms with van der Waals surface area (Å²) in [5, 5.41) is 3.30. The molecule has 2 aromatic rings. The van der Waals surface area contributed by atoms with Gasteiger partial charge in [-0.2, -0.15) is 0 Å². The van der Waals surface area contributed by atoms with E-state index in [2.05, 4.69) is 5.32 Å². The predicted molar refractivity (Wildman–Crippen MR) is 86.5 cm³/mol. The summed E-state index contributed by atoms with van der Waals surface area (Å²) in [6, 6.07) is 14.3. The number of benzene rings is 2. The van der Waals surface area contributed by atoms with Gasteiger partial charge < -0.3 is 10.2 Å². The molecule has 1 fully saturated rings. The first-order valence-electron chi connectivity index (χ1n) is 7.56. The van der Waals surface area contributed by atoms with Crippen molar-refractivity contribution in [1.29, 1.82) is 0 Å². The predicted octanol–water partition coefficient (Wildman–Crippen LogP) is 4.13. The molecule has 0 radical (unpaired) electrons. The van der Waals surface area contributed by atoms with Crippen LogP contribution in [0.1, 0.15) is 31.4 Å².